The fourth-order valence-corrected chi connectivity index (χ4v) is 4.10. The number of aliphatic hydroxyl groups excluding tert-OH is 1. The average molecular weight is 481 g/mol. The van der Waals surface area contributed by atoms with Crippen molar-refractivity contribution in [3.05, 3.63) is 80.7 Å². The molecular weight excluding hydrogens is 456 g/mol. The number of benzene rings is 2. The number of pyridine rings is 1. The summed E-state index contributed by atoms with van der Waals surface area (Å²) in [5, 5.41) is 13.9. The number of nitrogens with zero attached hydrogens (tertiary/aromatic N) is 1. The summed E-state index contributed by atoms with van der Waals surface area (Å²) in [5.41, 5.74) is 3.79. The molecule has 0 spiro atoms. The van der Waals surface area contributed by atoms with E-state index >= 15 is 0 Å². The number of aryl methyl sites for hydroxylation is 1. The number of hydrogen-bond acceptors (Lipinski definition) is 6. The van der Waals surface area contributed by atoms with E-state index in [2.05, 4.69) is 20.3 Å². The summed E-state index contributed by atoms with van der Waals surface area (Å²) in [6.45, 7) is 3.70. The Morgan fingerprint density at radius 1 is 1.26 bits per heavy atom. The van der Waals surface area contributed by atoms with Gasteiger partial charge in [-0.05, 0) is 55.7 Å². The highest BCUT2D eigenvalue weighted by Gasteiger charge is 2.19. The van der Waals surface area contributed by atoms with Crippen molar-refractivity contribution < 1.29 is 14.6 Å². The van der Waals surface area contributed by atoms with Gasteiger partial charge in [0.25, 0.3) is 5.56 Å². The number of imidazole rings is 1. The third-order valence-corrected chi connectivity index (χ3v) is 5.86. The first-order valence-electron chi connectivity index (χ1n) is 10.9. The van der Waals surface area contributed by atoms with Gasteiger partial charge in [0.05, 0.1) is 41.5 Å². The average Bonchev–Trinajstić information content (AvgIpc) is 3.24. The second kappa shape index (κ2) is 10.1. The van der Waals surface area contributed by atoms with Gasteiger partial charge in [0.1, 0.15) is 11.4 Å². The second-order valence-electron chi connectivity index (χ2n) is 7.91. The van der Waals surface area contributed by atoms with Gasteiger partial charge in [0.15, 0.2) is 0 Å². The van der Waals surface area contributed by atoms with Crippen molar-refractivity contribution in [2.75, 3.05) is 18.5 Å². The topological polar surface area (TPSA) is 120 Å². The monoisotopic (exact) mass is 480 g/mol. The molecule has 176 valence electrons. The first-order chi connectivity index (χ1) is 16.4. The van der Waals surface area contributed by atoms with Crippen LogP contribution in [0, 0.1) is 6.92 Å². The van der Waals surface area contributed by atoms with Crippen LogP contribution in [0.1, 0.15) is 28.4 Å². The van der Waals surface area contributed by atoms with Gasteiger partial charge in [-0.2, -0.15) is 0 Å². The van der Waals surface area contributed by atoms with Crippen LogP contribution < -0.4 is 10.9 Å². The van der Waals surface area contributed by atoms with E-state index in [1.807, 2.05) is 25.1 Å². The number of ether oxygens (including phenoxy) is 1. The molecule has 2 aromatic heterocycles. The number of carbonyl (C=O) groups is 1. The molecule has 0 saturated carbocycles. The number of aliphatic hydroxyl groups is 1. The molecule has 1 atom stereocenters. The lowest BCUT2D eigenvalue weighted by Gasteiger charge is -2.19. The Hall–Kier alpha value is -3.62. The molecular formula is C25H25ClN4O4. The summed E-state index contributed by atoms with van der Waals surface area (Å²) in [7, 11) is 0. The minimum Gasteiger partial charge on any atom is -0.462 e. The largest absolute Gasteiger partial charge is 0.462 e. The van der Waals surface area contributed by atoms with E-state index in [4.69, 9.17) is 16.3 Å². The second-order valence-corrected chi connectivity index (χ2v) is 8.32. The van der Waals surface area contributed by atoms with E-state index in [0.29, 0.717) is 45.1 Å². The lowest BCUT2D eigenvalue weighted by Crippen LogP contribution is -2.28. The Morgan fingerprint density at radius 2 is 2.06 bits per heavy atom. The third-order valence-electron chi connectivity index (χ3n) is 5.49. The van der Waals surface area contributed by atoms with E-state index in [9.17, 15) is 14.7 Å². The minimum atomic E-state index is -0.422. The maximum Gasteiger partial charge on any atom is 0.338 e. The third kappa shape index (κ3) is 4.83. The molecule has 4 N–H and O–H groups in total. The zero-order chi connectivity index (χ0) is 24.2. The molecule has 8 nitrogen and oxygen atoms in total. The number of halogens is 1. The van der Waals surface area contributed by atoms with Crippen LogP contribution in [0.4, 0.5) is 5.69 Å². The van der Waals surface area contributed by atoms with Gasteiger partial charge in [0, 0.05) is 11.2 Å². The number of esters is 1. The maximum absolute atomic E-state index is 12.8. The van der Waals surface area contributed by atoms with Gasteiger partial charge < -0.3 is 25.1 Å². The number of H-pyrrole nitrogens is 2. The fourth-order valence-electron chi connectivity index (χ4n) is 3.89. The van der Waals surface area contributed by atoms with Crippen molar-refractivity contribution in [3.8, 4) is 11.4 Å². The number of anilines is 1. The number of nitrogens with one attached hydrogen (secondary N) is 3. The van der Waals surface area contributed by atoms with Gasteiger partial charge in [-0.25, -0.2) is 9.78 Å². The molecule has 4 rings (SSSR count). The molecule has 0 fully saturated rings. The SMILES string of the molecule is CCOC(=O)c1cc(C)c2nc(-c3c(NC(CO)Cc4ccccc4Cl)cc[nH]c3=O)[nH]c2c1. The highest BCUT2D eigenvalue weighted by molar-refractivity contribution is 6.31. The molecule has 2 heterocycles. The van der Waals surface area contributed by atoms with Crippen LogP contribution in [-0.4, -0.2) is 45.3 Å². The van der Waals surface area contributed by atoms with E-state index in [1.165, 1.54) is 6.20 Å². The number of fused-ring (bicyclic) bond motifs is 1. The van der Waals surface area contributed by atoms with Crippen LogP contribution >= 0.6 is 11.6 Å². The van der Waals surface area contributed by atoms with Crippen molar-refractivity contribution in [1.29, 1.82) is 0 Å². The van der Waals surface area contributed by atoms with E-state index < -0.39 is 5.97 Å². The summed E-state index contributed by atoms with van der Waals surface area (Å²) in [6.07, 6.45) is 2.00. The predicted octanol–water partition coefficient (Wildman–Crippen LogP) is 4.07. The molecule has 0 aliphatic carbocycles. The molecule has 9 heteroatoms. The van der Waals surface area contributed by atoms with Gasteiger partial charge in [-0.15, -0.1) is 0 Å². The van der Waals surface area contributed by atoms with Crippen molar-refractivity contribution in [2.45, 2.75) is 26.3 Å². The highest BCUT2D eigenvalue weighted by Crippen LogP contribution is 2.28. The molecule has 0 saturated heterocycles. The fraction of sp³-hybridized carbons (Fsp3) is 0.240. The van der Waals surface area contributed by atoms with Gasteiger partial charge >= 0.3 is 5.97 Å². The summed E-state index contributed by atoms with van der Waals surface area (Å²) >= 11 is 6.28. The van der Waals surface area contributed by atoms with E-state index in [-0.39, 0.29) is 24.8 Å². The van der Waals surface area contributed by atoms with Gasteiger partial charge in [-0.3, -0.25) is 4.79 Å². The molecule has 1 unspecified atom stereocenters. The van der Waals surface area contributed by atoms with Crippen LogP contribution in [0.5, 0.6) is 0 Å². The van der Waals surface area contributed by atoms with Gasteiger partial charge in [0.2, 0.25) is 0 Å². The summed E-state index contributed by atoms with van der Waals surface area (Å²) in [6, 6.07) is 12.1. The van der Waals surface area contributed by atoms with Crippen LogP contribution in [0.15, 0.2) is 53.5 Å². The normalized spacial score (nSPS) is 12.0. The molecule has 0 radical (unpaired) electrons. The van der Waals surface area contributed by atoms with Crippen LogP contribution in [0.3, 0.4) is 0 Å². The highest BCUT2D eigenvalue weighted by atomic mass is 35.5. The molecule has 0 aliphatic heterocycles. The molecule has 2 aromatic carbocycles. The molecule has 0 bridgehead atoms. The maximum atomic E-state index is 12.8. The van der Waals surface area contributed by atoms with Crippen LogP contribution in [0.2, 0.25) is 5.02 Å². The minimum absolute atomic E-state index is 0.167. The van der Waals surface area contributed by atoms with E-state index in [1.54, 1.807) is 31.2 Å². The molecule has 4 aromatic rings. The van der Waals surface area contributed by atoms with Crippen molar-refractivity contribution >= 4 is 34.3 Å². The zero-order valence-electron chi connectivity index (χ0n) is 18.8. The number of rotatable bonds is 8. The van der Waals surface area contributed by atoms with Crippen LogP contribution in [-0.2, 0) is 11.2 Å². The number of carbonyl (C=O) groups excluding carboxylic acids is 1. The summed E-state index contributed by atoms with van der Waals surface area (Å²) in [5.74, 6) is -0.0770. The number of hydrogen-bond donors (Lipinski definition) is 4. The Labute approximate surface area is 201 Å². The van der Waals surface area contributed by atoms with Crippen molar-refractivity contribution in [2.24, 2.45) is 0 Å². The first-order valence-corrected chi connectivity index (χ1v) is 11.3. The van der Waals surface area contributed by atoms with Gasteiger partial charge in [-0.1, -0.05) is 29.8 Å². The molecule has 0 aliphatic rings. The van der Waals surface area contributed by atoms with Crippen molar-refractivity contribution in [1.82, 2.24) is 15.0 Å². The Bertz CT molecular complexity index is 1400. The Balaban J connectivity index is 1.71. The summed E-state index contributed by atoms with van der Waals surface area (Å²) < 4.78 is 5.10. The first kappa shape index (κ1) is 23.5. The number of aromatic nitrogens is 3. The zero-order valence-corrected chi connectivity index (χ0v) is 19.6. The standard InChI is InChI=1S/C25H25ClN4O4/c1-3-34-25(33)16-10-14(2)22-20(12-16)29-23(30-22)21-19(8-9-27-24(21)32)28-17(13-31)11-15-6-4-5-7-18(15)26/h4-10,12,17,31H,3,11,13H2,1-2H3,(H,29,30)(H2,27,28,32). The lowest BCUT2D eigenvalue weighted by atomic mass is 10.1. The number of aromatic amines is 2. The molecule has 0 amide bonds. The lowest BCUT2D eigenvalue weighted by molar-refractivity contribution is 0.0526. The molecule has 34 heavy (non-hydrogen) atoms. The van der Waals surface area contributed by atoms with Crippen LogP contribution in [0.25, 0.3) is 22.4 Å². The predicted molar refractivity (Wildman–Crippen MR) is 132 cm³/mol. The smallest absolute Gasteiger partial charge is 0.338 e. The quantitative estimate of drug-likeness (QED) is 0.282. The Kier molecular flexibility index (Phi) is 7.00. The Morgan fingerprint density at radius 3 is 2.79 bits per heavy atom. The summed E-state index contributed by atoms with van der Waals surface area (Å²) in [4.78, 5) is 35.5. The van der Waals surface area contributed by atoms with Crippen molar-refractivity contribution in [3.63, 3.8) is 0 Å². The van der Waals surface area contributed by atoms with E-state index in [0.717, 1.165) is 11.1 Å².